The number of aromatic hydroxyl groups is 1. The number of carboxylic acid groups (broad SMARTS) is 2. The number of benzene rings is 3. The van der Waals surface area contributed by atoms with Crippen LogP contribution in [-0.2, 0) is 9.59 Å². The summed E-state index contributed by atoms with van der Waals surface area (Å²) in [6.07, 6.45) is 0. The number of nitrogens with zero attached hydrogens (tertiary/aromatic N) is 1. The van der Waals surface area contributed by atoms with Crippen molar-refractivity contribution in [3.8, 4) is 5.75 Å². The van der Waals surface area contributed by atoms with E-state index >= 15 is 0 Å². The Labute approximate surface area is 192 Å². The third-order valence-electron chi connectivity index (χ3n) is 5.45. The summed E-state index contributed by atoms with van der Waals surface area (Å²) < 4.78 is 0. The van der Waals surface area contributed by atoms with Gasteiger partial charge in [-0.1, -0.05) is 42.5 Å². The van der Waals surface area contributed by atoms with Crippen LogP contribution in [0.15, 0.2) is 78.4 Å². The molecule has 34 heavy (non-hydrogen) atoms. The molecular formula is C25H17NO8. The second-order valence-electron chi connectivity index (χ2n) is 7.47. The van der Waals surface area contributed by atoms with Crippen LogP contribution in [0.2, 0.25) is 0 Å². The Kier molecular flexibility index (Phi) is 5.60. The zero-order chi connectivity index (χ0) is 24.6. The Morgan fingerprint density at radius 2 is 1.41 bits per heavy atom. The van der Waals surface area contributed by atoms with Crippen LogP contribution in [0.5, 0.6) is 5.75 Å². The first-order chi connectivity index (χ1) is 16.2. The van der Waals surface area contributed by atoms with Crippen LogP contribution in [0.3, 0.4) is 0 Å². The van der Waals surface area contributed by atoms with Gasteiger partial charge in [0.1, 0.15) is 17.1 Å². The van der Waals surface area contributed by atoms with Crippen molar-refractivity contribution in [1.29, 1.82) is 0 Å². The average Bonchev–Trinajstić information content (AvgIpc) is 3.10. The van der Waals surface area contributed by atoms with E-state index in [1.165, 1.54) is 30.3 Å². The minimum Gasteiger partial charge on any atom is -0.507 e. The molecule has 170 valence electrons. The van der Waals surface area contributed by atoms with Crippen molar-refractivity contribution < 1.29 is 39.6 Å². The second-order valence-corrected chi connectivity index (χ2v) is 7.47. The minimum absolute atomic E-state index is 0.00303. The lowest BCUT2D eigenvalue weighted by atomic mass is 9.94. The van der Waals surface area contributed by atoms with Gasteiger partial charge < -0.3 is 20.4 Å². The van der Waals surface area contributed by atoms with Crippen LogP contribution in [0.25, 0.3) is 5.76 Å². The number of phenols is 1. The number of aliphatic hydroxyl groups excluding tert-OH is 1. The first kappa shape index (κ1) is 22.3. The Hall–Kier alpha value is -4.92. The molecule has 1 fully saturated rings. The van der Waals surface area contributed by atoms with Crippen molar-refractivity contribution in [3.05, 3.63) is 101 Å². The van der Waals surface area contributed by atoms with Crippen molar-refractivity contribution in [2.75, 3.05) is 4.90 Å². The summed E-state index contributed by atoms with van der Waals surface area (Å²) in [4.78, 5) is 50.0. The van der Waals surface area contributed by atoms with Gasteiger partial charge in [-0.15, -0.1) is 0 Å². The molecule has 0 radical (unpaired) electrons. The number of carboxylic acids is 2. The molecule has 1 amide bonds. The van der Waals surface area contributed by atoms with E-state index in [1.54, 1.807) is 30.3 Å². The topological polar surface area (TPSA) is 152 Å². The first-order valence-electron chi connectivity index (χ1n) is 9.96. The van der Waals surface area contributed by atoms with Crippen LogP contribution >= 0.6 is 0 Å². The monoisotopic (exact) mass is 459 g/mol. The fraction of sp³-hybridized carbons (Fsp3) is 0.0400. The van der Waals surface area contributed by atoms with E-state index in [-0.39, 0.29) is 22.4 Å². The van der Waals surface area contributed by atoms with Gasteiger partial charge in [-0.3, -0.25) is 14.5 Å². The number of carbonyl (C=O) groups excluding carboxylic acids is 2. The third kappa shape index (κ3) is 3.75. The van der Waals surface area contributed by atoms with Gasteiger partial charge in [0.15, 0.2) is 0 Å². The number of aliphatic hydroxyl groups is 1. The predicted molar refractivity (Wildman–Crippen MR) is 120 cm³/mol. The molecule has 4 rings (SSSR count). The fourth-order valence-electron chi connectivity index (χ4n) is 3.82. The SMILES string of the molecule is O=C1C(=O)N(c2ccc(O)c(C(=O)O)c2)C(c2ccc(C(=O)O)cc2)C1=C(O)c1ccccc1. The molecule has 1 saturated heterocycles. The highest BCUT2D eigenvalue weighted by Gasteiger charge is 2.47. The number of carbonyl (C=O) groups is 4. The standard InChI is InChI=1S/C25H17NO8/c27-18-11-10-16(12-17(18)25(33)34)26-20(13-6-8-15(9-7-13)24(31)32)19(22(29)23(26)30)21(28)14-4-2-1-3-5-14/h1-12,20,27-28H,(H,31,32)(H,33,34). The lowest BCUT2D eigenvalue weighted by Crippen LogP contribution is -2.29. The lowest BCUT2D eigenvalue weighted by Gasteiger charge is -2.26. The molecule has 1 unspecified atom stereocenters. The number of ketones is 1. The predicted octanol–water partition coefficient (Wildman–Crippen LogP) is 3.41. The summed E-state index contributed by atoms with van der Waals surface area (Å²) in [5.74, 6) is -5.60. The molecule has 4 N–H and O–H groups in total. The van der Waals surface area contributed by atoms with E-state index in [0.29, 0.717) is 5.56 Å². The Morgan fingerprint density at radius 3 is 2.00 bits per heavy atom. The van der Waals surface area contributed by atoms with E-state index < -0.39 is 46.7 Å². The van der Waals surface area contributed by atoms with Crippen molar-refractivity contribution in [2.24, 2.45) is 0 Å². The van der Waals surface area contributed by atoms with Crippen molar-refractivity contribution in [1.82, 2.24) is 0 Å². The summed E-state index contributed by atoms with van der Waals surface area (Å²) in [5.41, 5.74) is -0.166. The fourth-order valence-corrected chi connectivity index (χ4v) is 3.82. The van der Waals surface area contributed by atoms with E-state index in [4.69, 9.17) is 0 Å². The van der Waals surface area contributed by atoms with E-state index in [9.17, 15) is 39.6 Å². The minimum atomic E-state index is -1.44. The van der Waals surface area contributed by atoms with Gasteiger partial charge in [0.25, 0.3) is 11.7 Å². The van der Waals surface area contributed by atoms with Gasteiger partial charge in [0.05, 0.1) is 17.2 Å². The first-order valence-corrected chi connectivity index (χ1v) is 9.96. The number of hydrogen-bond acceptors (Lipinski definition) is 6. The van der Waals surface area contributed by atoms with Crippen LogP contribution in [-0.4, -0.2) is 44.1 Å². The van der Waals surface area contributed by atoms with Crippen molar-refractivity contribution in [3.63, 3.8) is 0 Å². The highest BCUT2D eigenvalue weighted by Crippen LogP contribution is 2.43. The van der Waals surface area contributed by atoms with Gasteiger partial charge in [0, 0.05) is 11.3 Å². The molecule has 3 aromatic rings. The molecule has 3 aromatic carbocycles. The quantitative estimate of drug-likeness (QED) is 0.257. The Balaban J connectivity index is 1.96. The van der Waals surface area contributed by atoms with Crippen LogP contribution in [0, 0.1) is 0 Å². The number of anilines is 1. The molecule has 1 heterocycles. The number of Topliss-reactive ketones (excluding diaryl/α,β-unsaturated/α-hetero) is 1. The molecule has 0 saturated carbocycles. The molecule has 1 aliphatic heterocycles. The second kappa shape index (κ2) is 8.55. The maximum atomic E-state index is 13.1. The molecule has 0 spiro atoms. The Morgan fingerprint density at radius 1 is 0.765 bits per heavy atom. The lowest BCUT2D eigenvalue weighted by molar-refractivity contribution is -0.132. The van der Waals surface area contributed by atoms with Gasteiger partial charge in [-0.2, -0.15) is 0 Å². The number of hydrogen-bond donors (Lipinski definition) is 4. The number of amides is 1. The molecule has 9 nitrogen and oxygen atoms in total. The van der Waals surface area contributed by atoms with Gasteiger partial charge in [0.2, 0.25) is 0 Å². The highest BCUT2D eigenvalue weighted by atomic mass is 16.4. The van der Waals surface area contributed by atoms with Gasteiger partial charge in [-0.25, -0.2) is 9.59 Å². The summed E-state index contributed by atoms with van der Waals surface area (Å²) in [6, 6.07) is 15.7. The van der Waals surface area contributed by atoms with Gasteiger partial charge >= 0.3 is 11.9 Å². The zero-order valence-electron chi connectivity index (χ0n) is 17.4. The molecular weight excluding hydrogens is 442 g/mol. The Bertz CT molecular complexity index is 1360. The molecule has 1 atom stereocenters. The largest absolute Gasteiger partial charge is 0.507 e. The molecule has 0 aromatic heterocycles. The number of aromatic carboxylic acids is 2. The summed E-state index contributed by atoms with van der Waals surface area (Å²) >= 11 is 0. The van der Waals surface area contributed by atoms with E-state index in [2.05, 4.69) is 0 Å². The molecule has 0 aliphatic carbocycles. The number of rotatable bonds is 5. The van der Waals surface area contributed by atoms with Crippen molar-refractivity contribution in [2.45, 2.75) is 6.04 Å². The van der Waals surface area contributed by atoms with Crippen LogP contribution < -0.4 is 4.90 Å². The average molecular weight is 459 g/mol. The summed E-state index contributed by atoms with van der Waals surface area (Å²) in [5, 5.41) is 39.4. The third-order valence-corrected chi connectivity index (χ3v) is 5.45. The van der Waals surface area contributed by atoms with E-state index in [1.807, 2.05) is 0 Å². The molecule has 9 heteroatoms. The zero-order valence-corrected chi connectivity index (χ0v) is 17.4. The molecule has 1 aliphatic rings. The van der Waals surface area contributed by atoms with E-state index in [0.717, 1.165) is 17.0 Å². The highest BCUT2D eigenvalue weighted by molar-refractivity contribution is 6.51. The van der Waals surface area contributed by atoms with Crippen LogP contribution in [0.1, 0.15) is 37.9 Å². The van der Waals surface area contributed by atoms with Crippen molar-refractivity contribution >= 4 is 35.1 Å². The summed E-state index contributed by atoms with van der Waals surface area (Å²) in [7, 11) is 0. The normalized spacial score (nSPS) is 17.1. The van der Waals surface area contributed by atoms with Crippen LogP contribution in [0.4, 0.5) is 5.69 Å². The summed E-state index contributed by atoms with van der Waals surface area (Å²) in [6.45, 7) is 0. The smallest absolute Gasteiger partial charge is 0.339 e. The maximum absolute atomic E-state index is 13.1. The maximum Gasteiger partial charge on any atom is 0.339 e. The molecule has 0 bridgehead atoms. The van der Waals surface area contributed by atoms with Gasteiger partial charge in [-0.05, 0) is 35.9 Å².